The Kier molecular flexibility index (Phi) is 14.2. The molecule has 1 heteroatoms. The van der Waals surface area contributed by atoms with Crippen LogP contribution in [0.15, 0.2) is 85.0 Å². The minimum absolute atomic E-state index is 0. The third kappa shape index (κ3) is 15.1. The van der Waals surface area contributed by atoms with Crippen LogP contribution in [0, 0.1) is 0 Å². The van der Waals surface area contributed by atoms with Crippen molar-refractivity contribution in [3.8, 4) is 0 Å². The Morgan fingerprint density at radius 2 is 0.941 bits per heavy atom. The van der Waals surface area contributed by atoms with Crippen LogP contribution < -0.4 is 0 Å². The van der Waals surface area contributed by atoms with Crippen LogP contribution in [0.25, 0.3) is 0 Å². The third-order valence-corrected chi connectivity index (χ3v) is 1.84. The molecule has 0 saturated heterocycles. The van der Waals surface area contributed by atoms with Crippen molar-refractivity contribution in [2.75, 3.05) is 0 Å². The summed E-state index contributed by atoms with van der Waals surface area (Å²) in [5, 5.41) is 0. The van der Waals surface area contributed by atoms with Gasteiger partial charge >= 0.3 is 26.2 Å². The Morgan fingerprint density at radius 1 is 0.706 bits per heavy atom. The van der Waals surface area contributed by atoms with Crippen LogP contribution in [0.2, 0.25) is 0 Å². The molecule has 2 aromatic carbocycles. The van der Waals surface area contributed by atoms with Gasteiger partial charge in [0.2, 0.25) is 0 Å². The van der Waals surface area contributed by atoms with Gasteiger partial charge in [0.25, 0.3) is 0 Å². The van der Waals surface area contributed by atoms with Gasteiger partial charge in [0, 0.05) is 0 Å². The van der Waals surface area contributed by atoms with E-state index in [0.717, 1.165) is 11.1 Å². The summed E-state index contributed by atoms with van der Waals surface area (Å²) < 4.78 is 0. The zero-order valence-electron chi connectivity index (χ0n) is 10.7. The Bertz CT molecular complexity index is 279. The molecule has 0 nitrogen and oxygen atoms in total. The normalized spacial score (nSPS) is 7.41. The Balaban J connectivity index is 0. The van der Waals surface area contributed by atoms with Crippen LogP contribution in [0.4, 0.5) is 0 Å². The molecule has 0 spiro atoms. The first-order valence-electron chi connectivity index (χ1n) is 5.29. The minimum atomic E-state index is 0. The smallest absolute Gasteiger partial charge is 0.214 e. The van der Waals surface area contributed by atoms with Gasteiger partial charge in [-0.25, -0.2) is 24.3 Å². The molecule has 0 saturated carbocycles. The van der Waals surface area contributed by atoms with Crippen molar-refractivity contribution in [2.24, 2.45) is 0 Å². The van der Waals surface area contributed by atoms with Crippen LogP contribution in [0.5, 0.6) is 0 Å². The van der Waals surface area contributed by atoms with Gasteiger partial charge in [-0.2, -0.15) is 36.4 Å². The zero-order valence-corrected chi connectivity index (χ0v) is 13.1. The molecule has 0 radical (unpaired) electrons. The van der Waals surface area contributed by atoms with Gasteiger partial charge in [-0.05, 0) is 13.8 Å². The van der Waals surface area contributed by atoms with Gasteiger partial charge in [0.05, 0.1) is 0 Å². The predicted octanol–water partition coefficient (Wildman–Crippen LogP) is 4.95. The summed E-state index contributed by atoms with van der Waals surface area (Å²) in [6.07, 6.45) is 0. The molecule has 2 rings (SSSR count). The van der Waals surface area contributed by atoms with E-state index in [0.29, 0.717) is 0 Å². The molecule has 0 N–H and O–H groups in total. The second kappa shape index (κ2) is 13.1. The number of rotatable bonds is 1. The fourth-order valence-corrected chi connectivity index (χ4v) is 0.642. The van der Waals surface area contributed by atoms with Gasteiger partial charge in [0.1, 0.15) is 0 Å². The van der Waals surface area contributed by atoms with Crippen molar-refractivity contribution < 1.29 is 26.2 Å². The maximum atomic E-state index is 3.66. The molecular weight excluding hydrogens is 283 g/mol. The second-order valence-corrected chi connectivity index (χ2v) is 3.49. The summed E-state index contributed by atoms with van der Waals surface area (Å²) in [6.45, 7) is 11.2. The predicted molar refractivity (Wildman–Crippen MR) is 73.7 cm³/mol. The van der Waals surface area contributed by atoms with Gasteiger partial charge in [-0.3, -0.25) is 0 Å². The largest absolute Gasteiger partial charge is 2.00 e. The Hall–Kier alpha value is -0.937. The van der Waals surface area contributed by atoms with Crippen molar-refractivity contribution in [2.45, 2.75) is 13.8 Å². The van der Waals surface area contributed by atoms with Crippen LogP contribution in [-0.4, -0.2) is 0 Å². The van der Waals surface area contributed by atoms with Crippen LogP contribution >= 0.6 is 0 Å². The minimum Gasteiger partial charge on any atom is -0.214 e. The standard InChI is InChI=1S/C6H10.2C5H5.Zr/c1-5(2)6(3)4;2*1-2-4-5-3-1;/h1,3H2,2,4H3;2*1-5H;/q;2*-1;+2. The number of hydrogen-bond acceptors (Lipinski definition) is 0. The molecule has 2 aromatic rings. The van der Waals surface area contributed by atoms with Crippen LogP contribution in [0.1, 0.15) is 13.8 Å². The quantitative estimate of drug-likeness (QED) is 0.516. The Labute approximate surface area is 125 Å². The Morgan fingerprint density at radius 3 is 1.00 bits per heavy atom. The van der Waals surface area contributed by atoms with E-state index in [-0.39, 0.29) is 26.2 Å². The summed E-state index contributed by atoms with van der Waals surface area (Å²) >= 11 is 0. The first-order valence-corrected chi connectivity index (χ1v) is 5.29. The number of allylic oxidation sites excluding steroid dienone is 2. The molecule has 0 fully saturated rings. The van der Waals surface area contributed by atoms with E-state index < -0.39 is 0 Å². The fourth-order valence-electron chi connectivity index (χ4n) is 0.642. The van der Waals surface area contributed by atoms with Gasteiger partial charge in [-0.1, -0.05) is 24.3 Å². The van der Waals surface area contributed by atoms with Gasteiger partial charge in [0.15, 0.2) is 0 Å². The molecule has 0 aromatic heterocycles. The summed E-state index contributed by atoms with van der Waals surface area (Å²) in [5.41, 5.74) is 2.13. The molecule has 0 aliphatic carbocycles. The van der Waals surface area contributed by atoms with Crippen molar-refractivity contribution in [1.82, 2.24) is 0 Å². The summed E-state index contributed by atoms with van der Waals surface area (Å²) in [4.78, 5) is 0. The SMILES string of the molecule is C=C(C)C(=C)C.[Zr+2].c1cc[cH-]c1.c1cc[cH-]c1. The average Bonchev–Trinajstić information content (AvgIpc) is 2.97. The molecule has 0 aliphatic heterocycles. The molecule has 88 valence electrons. The van der Waals surface area contributed by atoms with E-state index in [9.17, 15) is 0 Å². The van der Waals surface area contributed by atoms with Gasteiger partial charge < -0.3 is 0 Å². The molecule has 0 bridgehead atoms. The van der Waals surface area contributed by atoms with E-state index in [4.69, 9.17) is 0 Å². The van der Waals surface area contributed by atoms with Crippen molar-refractivity contribution >= 4 is 0 Å². The summed E-state index contributed by atoms with van der Waals surface area (Å²) in [6, 6.07) is 20.0. The van der Waals surface area contributed by atoms with E-state index in [1.807, 2.05) is 74.5 Å². The average molecular weight is 304 g/mol. The molecule has 0 amide bonds. The molecule has 0 heterocycles. The van der Waals surface area contributed by atoms with E-state index in [1.165, 1.54) is 0 Å². The number of hydrogen-bond donors (Lipinski definition) is 0. The first kappa shape index (κ1) is 18.4. The first-order chi connectivity index (χ1) is 7.64. The van der Waals surface area contributed by atoms with E-state index >= 15 is 0 Å². The van der Waals surface area contributed by atoms with Gasteiger partial charge in [-0.15, -0.1) is 0 Å². The molecule has 0 atom stereocenters. The van der Waals surface area contributed by atoms with Crippen LogP contribution in [-0.2, 0) is 26.2 Å². The molecule has 0 aliphatic rings. The van der Waals surface area contributed by atoms with Crippen molar-refractivity contribution in [3.63, 3.8) is 0 Å². The third-order valence-electron chi connectivity index (χ3n) is 1.84. The topological polar surface area (TPSA) is 0 Å². The second-order valence-electron chi connectivity index (χ2n) is 3.49. The molecule has 0 unspecified atom stereocenters. The van der Waals surface area contributed by atoms with E-state index in [1.54, 1.807) is 0 Å². The molecule has 17 heavy (non-hydrogen) atoms. The maximum absolute atomic E-state index is 3.66. The molecular formula is C16H20Zr. The van der Waals surface area contributed by atoms with E-state index in [2.05, 4.69) is 13.2 Å². The zero-order chi connectivity index (χ0) is 12.2. The van der Waals surface area contributed by atoms with Crippen molar-refractivity contribution in [1.29, 1.82) is 0 Å². The van der Waals surface area contributed by atoms with Crippen LogP contribution in [0.3, 0.4) is 0 Å². The maximum Gasteiger partial charge on any atom is 2.00 e. The summed E-state index contributed by atoms with van der Waals surface area (Å²) in [7, 11) is 0. The summed E-state index contributed by atoms with van der Waals surface area (Å²) in [5.74, 6) is 0. The monoisotopic (exact) mass is 302 g/mol. The van der Waals surface area contributed by atoms with Crippen molar-refractivity contribution in [3.05, 3.63) is 85.0 Å². The fraction of sp³-hybridized carbons (Fsp3) is 0.125.